The van der Waals surface area contributed by atoms with E-state index in [0.29, 0.717) is 18.0 Å². The van der Waals surface area contributed by atoms with Gasteiger partial charge >= 0.3 is 0 Å². The van der Waals surface area contributed by atoms with Crippen LogP contribution in [0.1, 0.15) is 38.5 Å². The fourth-order valence-corrected chi connectivity index (χ4v) is 2.44. The van der Waals surface area contributed by atoms with Gasteiger partial charge in [0.05, 0.1) is 0 Å². The van der Waals surface area contributed by atoms with Gasteiger partial charge in [-0.2, -0.15) is 0 Å². The van der Waals surface area contributed by atoms with Crippen LogP contribution in [0.2, 0.25) is 0 Å². The monoisotopic (exact) mass is 251 g/mol. The van der Waals surface area contributed by atoms with Crippen LogP contribution >= 0.6 is 0 Å². The standard InChI is InChI=1S/C14H18FNO2/c15-12-9-11(6-7-13(12)17)16-14(18)8-5-10-3-1-2-4-10/h6-7,9-10,17H,1-5,8H2,(H,16,18). The Morgan fingerprint density at radius 3 is 2.78 bits per heavy atom. The van der Waals surface area contributed by atoms with Crippen LogP contribution in [-0.4, -0.2) is 11.0 Å². The second-order valence-corrected chi connectivity index (χ2v) is 4.90. The van der Waals surface area contributed by atoms with Crippen molar-refractivity contribution in [1.29, 1.82) is 0 Å². The number of phenolic OH excluding ortho intramolecular Hbond substituents is 1. The van der Waals surface area contributed by atoms with Crippen molar-refractivity contribution in [2.45, 2.75) is 38.5 Å². The number of anilines is 1. The lowest BCUT2D eigenvalue weighted by atomic mass is 10.0. The Bertz CT molecular complexity index is 428. The van der Waals surface area contributed by atoms with Gasteiger partial charge in [-0.1, -0.05) is 25.7 Å². The first-order valence-corrected chi connectivity index (χ1v) is 6.43. The Morgan fingerprint density at radius 1 is 1.39 bits per heavy atom. The molecule has 0 heterocycles. The summed E-state index contributed by atoms with van der Waals surface area (Å²) in [5, 5.41) is 11.7. The van der Waals surface area contributed by atoms with Gasteiger partial charge in [0.15, 0.2) is 11.6 Å². The van der Waals surface area contributed by atoms with Crippen molar-refractivity contribution in [3.05, 3.63) is 24.0 Å². The molecule has 3 nitrogen and oxygen atoms in total. The Hall–Kier alpha value is -1.58. The number of amides is 1. The number of hydrogen-bond acceptors (Lipinski definition) is 2. The highest BCUT2D eigenvalue weighted by Crippen LogP contribution is 2.28. The summed E-state index contributed by atoms with van der Waals surface area (Å²) in [6, 6.07) is 3.86. The number of aromatic hydroxyl groups is 1. The highest BCUT2D eigenvalue weighted by Gasteiger charge is 2.16. The lowest BCUT2D eigenvalue weighted by Crippen LogP contribution is -2.12. The first-order valence-electron chi connectivity index (χ1n) is 6.43. The van der Waals surface area contributed by atoms with Gasteiger partial charge in [0.25, 0.3) is 0 Å². The van der Waals surface area contributed by atoms with E-state index in [2.05, 4.69) is 5.32 Å². The van der Waals surface area contributed by atoms with Crippen molar-refractivity contribution in [3.8, 4) is 5.75 Å². The summed E-state index contributed by atoms with van der Waals surface area (Å²) in [4.78, 5) is 11.7. The number of rotatable bonds is 4. The molecule has 1 aromatic carbocycles. The molecule has 0 atom stereocenters. The highest BCUT2D eigenvalue weighted by atomic mass is 19.1. The number of carbonyl (C=O) groups excluding carboxylic acids is 1. The highest BCUT2D eigenvalue weighted by molar-refractivity contribution is 5.90. The molecule has 0 saturated heterocycles. The summed E-state index contributed by atoms with van der Waals surface area (Å²) in [6.07, 6.45) is 6.38. The lowest BCUT2D eigenvalue weighted by Gasteiger charge is -2.09. The van der Waals surface area contributed by atoms with E-state index in [1.54, 1.807) is 0 Å². The number of halogens is 1. The van der Waals surface area contributed by atoms with Crippen molar-refractivity contribution in [3.63, 3.8) is 0 Å². The Balaban J connectivity index is 1.80. The van der Waals surface area contributed by atoms with Crippen LogP contribution in [0.4, 0.5) is 10.1 Å². The van der Waals surface area contributed by atoms with Crippen LogP contribution < -0.4 is 5.32 Å². The van der Waals surface area contributed by atoms with Crippen molar-refractivity contribution in [2.75, 3.05) is 5.32 Å². The van der Waals surface area contributed by atoms with E-state index in [1.165, 1.54) is 37.8 Å². The molecular formula is C14H18FNO2. The zero-order valence-corrected chi connectivity index (χ0v) is 10.3. The fraction of sp³-hybridized carbons (Fsp3) is 0.500. The molecule has 1 amide bonds. The molecule has 0 unspecified atom stereocenters. The van der Waals surface area contributed by atoms with Crippen LogP contribution in [-0.2, 0) is 4.79 Å². The van der Waals surface area contributed by atoms with Gasteiger partial charge < -0.3 is 10.4 Å². The number of hydrogen-bond donors (Lipinski definition) is 2. The maximum absolute atomic E-state index is 13.1. The second-order valence-electron chi connectivity index (χ2n) is 4.90. The minimum absolute atomic E-state index is 0.0908. The van der Waals surface area contributed by atoms with Gasteiger partial charge in [0, 0.05) is 18.2 Å². The minimum Gasteiger partial charge on any atom is -0.505 e. The largest absolute Gasteiger partial charge is 0.505 e. The van der Waals surface area contributed by atoms with Crippen LogP contribution in [0.5, 0.6) is 5.75 Å². The average molecular weight is 251 g/mol. The third kappa shape index (κ3) is 3.45. The smallest absolute Gasteiger partial charge is 0.224 e. The molecule has 1 aliphatic rings. The van der Waals surface area contributed by atoms with Gasteiger partial charge in [0.2, 0.25) is 5.91 Å². The molecule has 0 aromatic heterocycles. The normalized spacial score (nSPS) is 15.8. The van der Waals surface area contributed by atoms with Gasteiger partial charge in [-0.25, -0.2) is 4.39 Å². The van der Waals surface area contributed by atoms with E-state index < -0.39 is 11.6 Å². The minimum atomic E-state index is -0.719. The fourth-order valence-electron chi connectivity index (χ4n) is 2.44. The van der Waals surface area contributed by atoms with Gasteiger partial charge in [-0.15, -0.1) is 0 Å². The second kappa shape index (κ2) is 5.85. The van der Waals surface area contributed by atoms with Crippen molar-refractivity contribution < 1.29 is 14.3 Å². The van der Waals surface area contributed by atoms with Gasteiger partial charge in [-0.3, -0.25) is 4.79 Å². The molecule has 18 heavy (non-hydrogen) atoms. The summed E-state index contributed by atoms with van der Waals surface area (Å²) < 4.78 is 13.1. The van der Waals surface area contributed by atoms with Crippen LogP contribution in [0.3, 0.4) is 0 Å². The molecule has 1 aromatic rings. The third-order valence-electron chi connectivity index (χ3n) is 3.49. The molecule has 1 saturated carbocycles. The van der Waals surface area contributed by atoms with Crippen LogP contribution in [0.25, 0.3) is 0 Å². The third-order valence-corrected chi connectivity index (χ3v) is 3.49. The molecule has 0 radical (unpaired) electrons. The first kappa shape index (κ1) is 12.9. The van der Waals surface area contributed by atoms with Gasteiger partial charge in [0.1, 0.15) is 0 Å². The summed E-state index contributed by atoms with van der Waals surface area (Å²) in [5.74, 6) is -0.540. The lowest BCUT2D eigenvalue weighted by molar-refractivity contribution is -0.116. The molecule has 0 aliphatic heterocycles. The number of carbonyl (C=O) groups is 1. The summed E-state index contributed by atoms with van der Waals surface area (Å²) >= 11 is 0. The van der Waals surface area contributed by atoms with E-state index in [-0.39, 0.29) is 5.91 Å². The van der Waals surface area contributed by atoms with Crippen LogP contribution in [0.15, 0.2) is 18.2 Å². The number of nitrogens with one attached hydrogen (secondary N) is 1. The van der Waals surface area contributed by atoms with E-state index in [1.807, 2.05) is 0 Å². The quantitative estimate of drug-likeness (QED) is 0.805. The Kier molecular flexibility index (Phi) is 4.18. The Labute approximate surface area is 106 Å². The molecular weight excluding hydrogens is 233 g/mol. The zero-order valence-electron chi connectivity index (χ0n) is 10.3. The van der Waals surface area contributed by atoms with Gasteiger partial charge in [-0.05, 0) is 24.5 Å². The molecule has 4 heteroatoms. The molecule has 0 bridgehead atoms. The van der Waals surface area contributed by atoms with E-state index in [4.69, 9.17) is 5.11 Å². The van der Waals surface area contributed by atoms with Crippen molar-refractivity contribution in [1.82, 2.24) is 0 Å². The summed E-state index contributed by atoms with van der Waals surface area (Å²) in [6.45, 7) is 0. The zero-order chi connectivity index (χ0) is 13.0. The Morgan fingerprint density at radius 2 is 2.11 bits per heavy atom. The van der Waals surface area contributed by atoms with Crippen LogP contribution in [0, 0.1) is 11.7 Å². The molecule has 2 N–H and O–H groups in total. The molecule has 0 spiro atoms. The summed E-state index contributed by atoms with van der Waals surface area (Å²) in [7, 11) is 0. The maximum atomic E-state index is 13.1. The molecule has 1 aliphatic carbocycles. The average Bonchev–Trinajstić information content (AvgIpc) is 2.84. The van der Waals surface area contributed by atoms with Crippen molar-refractivity contribution in [2.24, 2.45) is 5.92 Å². The van der Waals surface area contributed by atoms with E-state index in [9.17, 15) is 9.18 Å². The summed E-state index contributed by atoms with van der Waals surface area (Å²) in [5.41, 5.74) is 0.390. The molecule has 98 valence electrons. The predicted molar refractivity (Wildman–Crippen MR) is 67.9 cm³/mol. The van der Waals surface area contributed by atoms with E-state index in [0.717, 1.165) is 12.5 Å². The maximum Gasteiger partial charge on any atom is 0.224 e. The number of benzene rings is 1. The molecule has 2 rings (SSSR count). The van der Waals surface area contributed by atoms with Crippen molar-refractivity contribution >= 4 is 11.6 Å². The molecule has 1 fully saturated rings. The topological polar surface area (TPSA) is 49.3 Å². The number of phenols is 1. The first-order chi connectivity index (χ1) is 8.65. The predicted octanol–water partition coefficient (Wildman–Crippen LogP) is 3.44. The SMILES string of the molecule is O=C(CCC1CCCC1)Nc1ccc(O)c(F)c1. The van der Waals surface area contributed by atoms with E-state index >= 15 is 0 Å².